The van der Waals surface area contributed by atoms with E-state index >= 15 is 0 Å². The Morgan fingerprint density at radius 3 is 2.24 bits per heavy atom. The summed E-state index contributed by atoms with van der Waals surface area (Å²) < 4.78 is 32.0. The maximum Gasteiger partial charge on any atom is 0.244 e. The molecule has 180 valence electrons. The lowest BCUT2D eigenvalue weighted by Crippen LogP contribution is -2.52. The van der Waals surface area contributed by atoms with Gasteiger partial charge in [-0.2, -0.15) is 0 Å². The summed E-state index contributed by atoms with van der Waals surface area (Å²) in [5, 5.41) is 2.77. The van der Waals surface area contributed by atoms with Crippen LogP contribution in [0.25, 0.3) is 0 Å². The van der Waals surface area contributed by atoms with Crippen molar-refractivity contribution in [1.29, 1.82) is 0 Å². The van der Waals surface area contributed by atoms with Crippen LogP contribution >= 0.6 is 15.9 Å². The van der Waals surface area contributed by atoms with Crippen LogP contribution in [0.5, 0.6) is 5.75 Å². The number of amides is 2. The van der Waals surface area contributed by atoms with Crippen molar-refractivity contribution in [3.63, 3.8) is 0 Å². The molecule has 0 saturated heterocycles. The molecule has 0 aliphatic heterocycles. The molecule has 0 aliphatic rings. The number of hydrogen-bond donors (Lipinski definition) is 1. The summed E-state index contributed by atoms with van der Waals surface area (Å²) in [7, 11) is -2.21. The predicted octanol–water partition coefficient (Wildman–Crippen LogP) is 3.17. The van der Waals surface area contributed by atoms with Gasteiger partial charge in [-0.25, -0.2) is 8.42 Å². The maximum atomic E-state index is 13.5. The first-order valence-corrected chi connectivity index (χ1v) is 13.2. The van der Waals surface area contributed by atoms with E-state index in [1.165, 1.54) is 4.90 Å². The van der Waals surface area contributed by atoms with Gasteiger partial charge in [0.2, 0.25) is 21.8 Å². The number of halogens is 1. The molecule has 0 bridgehead atoms. The number of carbonyl (C=O) groups excluding carboxylic acids is 2. The number of carbonyl (C=O) groups is 2. The molecule has 0 spiro atoms. The number of ether oxygens (including phenoxy) is 1. The Hall–Kier alpha value is -2.59. The summed E-state index contributed by atoms with van der Waals surface area (Å²) in [6, 6.07) is 13.2. The van der Waals surface area contributed by atoms with E-state index in [9.17, 15) is 18.0 Å². The van der Waals surface area contributed by atoms with Gasteiger partial charge in [-0.1, -0.05) is 31.2 Å². The number of sulfonamides is 1. The molecular formula is C23H30BrN3O5S. The topological polar surface area (TPSA) is 96.0 Å². The number of likely N-dealkylation sites (N-methyl/N-ethyl adjacent to an activating group) is 1. The zero-order valence-corrected chi connectivity index (χ0v) is 21.6. The summed E-state index contributed by atoms with van der Waals surface area (Å²) in [6.45, 7) is 3.75. The van der Waals surface area contributed by atoms with Crippen molar-refractivity contribution in [2.45, 2.75) is 32.9 Å². The monoisotopic (exact) mass is 539 g/mol. The molecule has 1 N–H and O–H groups in total. The molecule has 2 amide bonds. The van der Waals surface area contributed by atoms with E-state index in [2.05, 4.69) is 21.2 Å². The van der Waals surface area contributed by atoms with Crippen LogP contribution in [-0.4, -0.2) is 57.6 Å². The highest BCUT2D eigenvalue weighted by molar-refractivity contribution is 9.10. The second-order valence-corrected chi connectivity index (χ2v) is 10.2. The smallest absolute Gasteiger partial charge is 0.244 e. The third-order valence-corrected chi connectivity index (χ3v) is 6.85. The van der Waals surface area contributed by atoms with Gasteiger partial charge >= 0.3 is 0 Å². The van der Waals surface area contributed by atoms with E-state index in [0.717, 1.165) is 16.1 Å². The van der Waals surface area contributed by atoms with Crippen LogP contribution in [0, 0.1) is 0 Å². The maximum absolute atomic E-state index is 13.5. The quantitative estimate of drug-likeness (QED) is 0.473. The summed E-state index contributed by atoms with van der Waals surface area (Å²) in [5.41, 5.74) is 1.14. The second kappa shape index (κ2) is 12.0. The number of anilines is 1. The highest BCUT2D eigenvalue weighted by atomic mass is 79.9. The molecular weight excluding hydrogens is 510 g/mol. The molecule has 2 rings (SSSR count). The standard InChI is InChI=1S/C23H30BrN3O5S/c1-5-20(23(29)25-6-2)26(15-17-11-13-18(32-3)14-12-17)22(28)16-27(33(4,30)31)21-10-8-7-9-19(21)24/h7-14,20H,5-6,15-16H2,1-4H3,(H,25,29)/t20-/m1/s1. The fourth-order valence-electron chi connectivity index (χ4n) is 3.39. The number of para-hydroxylation sites is 1. The average Bonchev–Trinajstić information content (AvgIpc) is 2.77. The molecule has 10 heteroatoms. The molecule has 0 radical (unpaired) electrons. The Bertz CT molecular complexity index is 1060. The average molecular weight is 540 g/mol. The van der Waals surface area contributed by atoms with Crippen molar-refractivity contribution in [3.8, 4) is 5.75 Å². The first kappa shape index (κ1) is 26.7. The van der Waals surface area contributed by atoms with Crippen LogP contribution in [0.1, 0.15) is 25.8 Å². The molecule has 1 atom stereocenters. The van der Waals surface area contributed by atoms with E-state index in [4.69, 9.17) is 4.74 Å². The highest BCUT2D eigenvalue weighted by Crippen LogP contribution is 2.28. The van der Waals surface area contributed by atoms with Crippen LogP contribution in [0.4, 0.5) is 5.69 Å². The Morgan fingerprint density at radius 2 is 1.73 bits per heavy atom. The minimum atomic E-state index is -3.78. The van der Waals surface area contributed by atoms with Crippen molar-refractivity contribution in [2.75, 3.05) is 30.8 Å². The number of hydrogen-bond acceptors (Lipinski definition) is 5. The van der Waals surface area contributed by atoms with E-state index in [-0.39, 0.29) is 12.5 Å². The zero-order valence-electron chi connectivity index (χ0n) is 19.2. The van der Waals surface area contributed by atoms with Gasteiger partial charge in [0.15, 0.2) is 0 Å². The molecule has 0 unspecified atom stereocenters. The Balaban J connectivity index is 2.43. The normalized spacial score (nSPS) is 12.0. The number of methoxy groups -OCH3 is 1. The molecule has 0 fully saturated rings. The van der Waals surface area contributed by atoms with Crippen LogP contribution in [0.2, 0.25) is 0 Å². The minimum absolute atomic E-state index is 0.145. The Kier molecular flexibility index (Phi) is 9.72. The summed E-state index contributed by atoms with van der Waals surface area (Å²) in [5.74, 6) is -0.0941. The molecule has 0 aliphatic carbocycles. The van der Waals surface area contributed by atoms with Gasteiger partial charge < -0.3 is 15.0 Å². The molecule has 2 aromatic rings. The Morgan fingerprint density at radius 1 is 1.09 bits per heavy atom. The second-order valence-electron chi connectivity index (χ2n) is 7.41. The molecule has 8 nitrogen and oxygen atoms in total. The first-order valence-electron chi connectivity index (χ1n) is 10.5. The van der Waals surface area contributed by atoms with Gasteiger partial charge in [0.25, 0.3) is 0 Å². The van der Waals surface area contributed by atoms with E-state index in [0.29, 0.717) is 28.9 Å². The minimum Gasteiger partial charge on any atom is -0.497 e. The van der Waals surface area contributed by atoms with Gasteiger partial charge in [-0.15, -0.1) is 0 Å². The summed E-state index contributed by atoms with van der Waals surface area (Å²) in [4.78, 5) is 27.7. The lowest BCUT2D eigenvalue weighted by atomic mass is 10.1. The SMILES string of the molecule is CCNC(=O)[C@@H](CC)N(Cc1ccc(OC)cc1)C(=O)CN(c1ccccc1Br)S(C)(=O)=O. The van der Waals surface area contributed by atoms with E-state index in [1.54, 1.807) is 50.4 Å². The third kappa shape index (κ3) is 7.20. The number of nitrogens with one attached hydrogen (secondary N) is 1. The van der Waals surface area contributed by atoms with Crippen molar-refractivity contribution >= 4 is 43.5 Å². The van der Waals surface area contributed by atoms with E-state index in [1.807, 2.05) is 19.1 Å². The van der Waals surface area contributed by atoms with Gasteiger partial charge in [0, 0.05) is 17.6 Å². The molecule has 0 saturated carbocycles. The molecule has 0 aromatic heterocycles. The third-order valence-electron chi connectivity index (χ3n) is 5.05. The van der Waals surface area contributed by atoms with Crippen LogP contribution in [-0.2, 0) is 26.2 Å². The van der Waals surface area contributed by atoms with E-state index < -0.39 is 28.5 Å². The van der Waals surface area contributed by atoms with Crippen molar-refractivity contribution < 1.29 is 22.7 Å². The summed E-state index contributed by atoms with van der Waals surface area (Å²) in [6.07, 6.45) is 1.43. The Labute approximate surface area is 204 Å². The fraction of sp³-hybridized carbons (Fsp3) is 0.391. The molecule has 0 heterocycles. The molecule has 33 heavy (non-hydrogen) atoms. The number of rotatable bonds is 11. The highest BCUT2D eigenvalue weighted by Gasteiger charge is 2.32. The number of benzene rings is 2. The van der Waals surface area contributed by atoms with Gasteiger partial charge in [0.05, 0.1) is 19.1 Å². The number of nitrogens with zero attached hydrogens (tertiary/aromatic N) is 2. The largest absolute Gasteiger partial charge is 0.497 e. The molecule has 2 aromatic carbocycles. The van der Waals surface area contributed by atoms with Crippen LogP contribution in [0.15, 0.2) is 53.0 Å². The lowest BCUT2D eigenvalue weighted by molar-refractivity contribution is -0.140. The summed E-state index contributed by atoms with van der Waals surface area (Å²) >= 11 is 3.36. The van der Waals surface area contributed by atoms with Crippen molar-refractivity contribution in [3.05, 3.63) is 58.6 Å². The lowest BCUT2D eigenvalue weighted by Gasteiger charge is -2.33. The van der Waals surface area contributed by atoms with Crippen LogP contribution < -0.4 is 14.4 Å². The fourth-order valence-corrected chi connectivity index (χ4v) is 4.87. The van der Waals surface area contributed by atoms with Gasteiger partial charge in [-0.3, -0.25) is 13.9 Å². The van der Waals surface area contributed by atoms with Crippen molar-refractivity contribution in [2.24, 2.45) is 0 Å². The van der Waals surface area contributed by atoms with Gasteiger partial charge in [-0.05, 0) is 59.1 Å². The first-order chi connectivity index (χ1) is 15.6. The predicted molar refractivity (Wildman–Crippen MR) is 133 cm³/mol. The zero-order chi connectivity index (χ0) is 24.6. The van der Waals surface area contributed by atoms with Crippen molar-refractivity contribution in [1.82, 2.24) is 10.2 Å². The van der Waals surface area contributed by atoms with Gasteiger partial charge in [0.1, 0.15) is 18.3 Å². The van der Waals surface area contributed by atoms with Crippen LogP contribution in [0.3, 0.4) is 0 Å².